The maximum Gasteiger partial charge on any atom is 0.332 e. The van der Waals surface area contributed by atoms with E-state index in [4.69, 9.17) is 54.6 Å². The van der Waals surface area contributed by atoms with Crippen molar-refractivity contribution in [2.45, 2.75) is 148 Å². The van der Waals surface area contributed by atoms with Crippen LogP contribution in [0.1, 0.15) is 78.6 Å². The SMILES string of the molecule is C=C(C)C(=O)NCCOC(=O)COC1C2CC3C1OS(=O)(=O)C3C2.C=C(C)C(=O)NCCOCCOC1C2CC3C1OS(=O)(=O)C3C2.C=C(C)C(=O)NCOCCCOC1C2CC3C1OS(=O)(=O)C3C2.C=CC(=O)NCCOC(=O)COC1C2CC3C1OS(=O)(=O)C3C2. The van der Waals surface area contributed by atoms with Crippen LogP contribution in [0.3, 0.4) is 0 Å². The van der Waals surface area contributed by atoms with Gasteiger partial charge in [-0.3, -0.25) is 35.9 Å². The highest BCUT2D eigenvalue weighted by Gasteiger charge is 2.68. The summed E-state index contributed by atoms with van der Waals surface area (Å²) in [5, 5.41) is 8.84. The number of nitrogens with one attached hydrogen (secondary N) is 4. The lowest BCUT2D eigenvalue weighted by atomic mass is 9.94. The molecular formula is C59H86N4O26S4. The summed E-state index contributed by atoms with van der Waals surface area (Å²) in [4.78, 5) is 67.9. The summed E-state index contributed by atoms with van der Waals surface area (Å²) in [5.74, 6) is -1.15. The molecule has 30 nitrogen and oxygen atoms in total. The van der Waals surface area contributed by atoms with Gasteiger partial charge in [0.25, 0.3) is 40.5 Å². The van der Waals surface area contributed by atoms with Crippen molar-refractivity contribution >= 4 is 76.0 Å². The second-order valence-corrected chi connectivity index (χ2v) is 32.6. The van der Waals surface area contributed by atoms with Crippen LogP contribution in [0.2, 0.25) is 0 Å². The Hall–Kier alpha value is -4.82. The van der Waals surface area contributed by atoms with Crippen LogP contribution in [0, 0.1) is 47.3 Å². The first-order valence-corrected chi connectivity index (χ1v) is 37.2. The predicted octanol–water partition coefficient (Wildman–Crippen LogP) is -0.119. The van der Waals surface area contributed by atoms with Crippen molar-refractivity contribution in [2.24, 2.45) is 47.3 Å². The third kappa shape index (κ3) is 16.9. The quantitative estimate of drug-likeness (QED) is 0.0239. The maximum atomic E-state index is 11.8. The van der Waals surface area contributed by atoms with Gasteiger partial charge in [0, 0.05) is 53.5 Å². The van der Waals surface area contributed by atoms with Gasteiger partial charge in [-0.2, -0.15) is 33.7 Å². The molecule has 8 saturated carbocycles. The second-order valence-electron chi connectivity index (χ2n) is 25.5. The second kappa shape index (κ2) is 30.7. The number of hydrogen-bond donors (Lipinski definition) is 4. The Balaban J connectivity index is 0.000000146. The van der Waals surface area contributed by atoms with Gasteiger partial charge < -0.3 is 59.2 Å². The summed E-state index contributed by atoms with van der Waals surface area (Å²) in [7, 11) is -13.7. The molecule has 4 heterocycles. The highest BCUT2D eigenvalue weighted by atomic mass is 32.2. The number of amides is 4. The zero-order valence-corrected chi connectivity index (χ0v) is 55.5. The Morgan fingerprint density at radius 3 is 1.14 bits per heavy atom. The van der Waals surface area contributed by atoms with Gasteiger partial charge in [0.1, 0.15) is 57.6 Å². The van der Waals surface area contributed by atoms with Crippen LogP contribution in [-0.4, -0.2) is 225 Å². The molecule has 0 radical (unpaired) electrons. The number of rotatable bonds is 30. The normalized spacial score (nSPS) is 35.9. The first-order valence-electron chi connectivity index (χ1n) is 31.3. The minimum atomic E-state index is -3.48. The zero-order valence-electron chi connectivity index (χ0n) is 52.3. The smallest absolute Gasteiger partial charge is 0.332 e. The molecule has 34 heteroatoms. The first kappa shape index (κ1) is 72.4. The third-order valence-electron chi connectivity index (χ3n) is 19.3. The fraction of sp³-hybridized carbons (Fsp3) is 0.763. The molecule has 4 amide bonds. The largest absolute Gasteiger partial charge is 0.462 e. The predicted molar refractivity (Wildman–Crippen MR) is 324 cm³/mol. The van der Waals surface area contributed by atoms with Gasteiger partial charge in [0.15, 0.2) is 0 Å². The molecule has 8 bridgehead atoms. The van der Waals surface area contributed by atoms with Crippen LogP contribution >= 0.6 is 0 Å². The standard InChI is InChI=1S/C15H21NO7S.2C15H23NO6S.C14H19NO7S/c1-8(2)15(18)16-3-4-21-12(17)7-22-13-9-5-10-11(6-9)24(19,20)23-14(10)13;1-9(2)15(17)16-3-4-20-5-6-21-13-10-7-11-12(8-10)23(18,19)22-14(11)13;1-9(2)15(17)16-8-20-4-3-5-21-13-10-6-11-12(7-10)23(18,19)22-14(11)13;1-2-11(16)15-3-4-20-12(17)7-21-13-8-5-9-10(6-8)23(18,19)22-14(9)13/h9-11,13-14H,1,3-7H2,2H3,(H,16,18);2*10-14H,1,3-8H2,2H3,(H,16,17);2,8-10,13-14H,1,3-7H2,(H,15,16). The summed E-state index contributed by atoms with van der Waals surface area (Å²) in [6.07, 6.45) is 4.97. The van der Waals surface area contributed by atoms with Crippen LogP contribution in [-0.2, 0) is 124 Å². The fourth-order valence-corrected chi connectivity index (χ4v) is 22.7. The summed E-state index contributed by atoms with van der Waals surface area (Å²) in [5.41, 5.74) is 1.29. The molecule has 20 atom stereocenters. The molecule has 20 unspecified atom stereocenters. The highest BCUT2D eigenvalue weighted by Crippen LogP contribution is 2.58. The molecule has 4 N–H and O–H groups in total. The monoisotopic (exact) mass is 1390 g/mol. The lowest BCUT2D eigenvalue weighted by Crippen LogP contribution is -2.37. The van der Waals surface area contributed by atoms with Crippen molar-refractivity contribution in [1.82, 2.24) is 21.3 Å². The fourth-order valence-electron chi connectivity index (χ4n) is 15.2. The Kier molecular flexibility index (Phi) is 23.9. The third-order valence-corrected chi connectivity index (χ3v) is 26.4. The molecule has 93 heavy (non-hydrogen) atoms. The summed E-state index contributed by atoms with van der Waals surface area (Å²) >= 11 is 0. The molecule has 12 rings (SSSR count). The average molecular weight is 1400 g/mol. The van der Waals surface area contributed by atoms with E-state index < -0.39 is 75.1 Å². The van der Waals surface area contributed by atoms with Crippen LogP contribution in [0.25, 0.3) is 0 Å². The van der Waals surface area contributed by atoms with Crippen LogP contribution in [0.15, 0.2) is 49.1 Å². The molecule has 0 aromatic heterocycles. The lowest BCUT2D eigenvalue weighted by molar-refractivity contribution is -0.154. The van der Waals surface area contributed by atoms with E-state index in [1.807, 2.05) is 0 Å². The van der Waals surface area contributed by atoms with E-state index in [2.05, 4.69) is 47.6 Å². The van der Waals surface area contributed by atoms with E-state index >= 15 is 0 Å². The lowest BCUT2D eigenvalue weighted by Gasteiger charge is -2.25. The summed E-state index contributed by atoms with van der Waals surface area (Å²) < 4.78 is 159. The van der Waals surface area contributed by atoms with E-state index in [1.165, 1.54) is 0 Å². The van der Waals surface area contributed by atoms with Crippen molar-refractivity contribution in [2.75, 3.05) is 85.8 Å². The molecular weight excluding hydrogens is 1310 g/mol. The van der Waals surface area contributed by atoms with Gasteiger partial charge >= 0.3 is 11.9 Å². The van der Waals surface area contributed by atoms with E-state index in [0.29, 0.717) is 94.3 Å². The first-order chi connectivity index (χ1) is 44.0. The Bertz CT molecular complexity index is 3210. The van der Waals surface area contributed by atoms with E-state index in [-0.39, 0.29) is 158 Å². The highest BCUT2D eigenvalue weighted by molar-refractivity contribution is 7.88. The topological polar surface area (TPSA) is 398 Å². The van der Waals surface area contributed by atoms with E-state index in [0.717, 1.165) is 31.8 Å². The summed E-state index contributed by atoms with van der Waals surface area (Å²) in [6.45, 7) is 21.4. The van der Waals surface area contributed by atoms with Gasteiger partial charge in [-0.25, -0.2) is 9.59 Å². The molecule has 8 aliphatic carbocycles. The minimum Gasteiger partial charge on any atom is -0.462 e. The van der Waals surface area contributed by atoms with Gasteiger partial charge in [0.05, 0.1) is 84.9 Å². The molecule has 4 aliphatic heterocycles. The summed E-state index contributed by atoms with van der Waals surface area (Å²) in [6, 6.07) is 0. The molecule has 0 aromatic carbocycles. The Labute approximate surface area is 542 Å². The number of ether oxygens (including phenoxy) is 8. The van der Waals surface area contributed by atoms with Gasteiger partial charge in [-0.1, -0.05) is 26.3 Å². The zero-order chi connectivity index (χ0) is 67.3. The van der Waals surface area contributed by atoms with Crippen LogP contribution in [0.4, 0.5) is 0 Å². The molecule has 522 valence electrons. The number of fused-ring (bicyclic) bond motifs is 4. The number of carbonyl (C=O) groups excluding carboxylic acids is 6. The molecule has 12 fully saturated rings. The van der Waals surface area contributed by atoms with Crippen molar-refractivity contribution in [3.05, 3.63) is 49.1 Å². The Morgan fingerprint density at radius 1 is 0.419 bits per heavy atom. The van der Waals surface area contributed by atoms with Gasteiger partial charge in [-0.15, -0.1) is 0 Å². The van der Waals surface area contributed by atoms with Crippen molar-refractivity contribution in [3.8, 4) is 0 Å². The maximum absolute atomic E-state index is 11.8. The Morgan fingerprint density at radius 2 is 0.763 bits per heavy atom. The average Bonchev–Trinajstić information content (AvgIpc) is 1.59. The number of esters is 2. The molecule has 0 aromatic rings. The molecule has 0 spiro atoms. The minimum absolute atomic E-state index is 0.0138. The van der Waals surface area contributed by atoms with Crippen molar-refractivity contribution in [1.29, 1.82) is 0 Å². The van der Waals surface area contributed by atoms with Crippen molar-refractivity contribution < 1.29 is 117 Å². The van der Waals surface area contributed by atoms with Crippen LogP contribution < -0.4 is 21.3 Å². The van der Waals surface area contributed by atoms with Crippen LogP contribution in [0.5, 0.6) is 0 Å². The van der Waals surface area contributed by atoms with Crippen molar-refractivity contribution in [3.63, 3.8) is 0 Å². The number of hydrogen-bond acceptors (Lipinski definition) is 26. The van der Waals surface area contributed by atoms with Gasteiger partial charge in [-0.05, 0) is 108 Å². The van der Waals surface area contributed by atoms with E-state index in [1.54, 1.807) is 20.8 Å². The number of carbonyl (C=O) groups is 6. The van der Waals surface area contributed by atoms with Gasteiger partial charge in [0.2, 0.25) is 23.6 Å². The molecule has 4 saturated heterocycles. The van der Waals surface area contributed by atoms with E-state index in [9.17, 15) is 62.4 Å². The molecule has 12 aliphatic rings.